The minimum Gasteiger partial charge on any atom is -0.481 e. The van der Waals surface area contributed by atoms with E-state index in [2.05, 4.69) is 25.9 Å². The predicted molar refractivity (Wildman–Crippen MR) is 123 cm³/mol. The summed E-state index contributed by atoms with van der Waals surface area (Å²) in [6.07, 6.45) is 0.439. The number of carbonyl (C=O) groups is 7. The molecule has 0 aliphatic carbocycles. The van der Waals surface area contributed by atoms with Crippen LogP contribution in [0.15, 0.2) is 12.5 Å². The second kappa shape index (κ2) is 14.8. The van der Waals surface area contributed by atoms with Gasteiger partial charge in [-0.1, -0.05) is 0 Å². The van der Waals surface area contributed by atoms with Gasteiger partial charge in [-0.05, 0) is 12.8 Å². The van der Waals surface area contributed by atoms with Gasteiger partial charge in [0.15, 0.2) is 0 Å². The van der Waals surface area contributed by atoms with E-state index in [1.165, 1.54) is 12.5 Å². The molecule has 0 saturated heterocycles. The molecule has 12 N–H and O–H groups in total. The number of H-pyrrole nitrogens is 1. The number of amides is 5. The van der Waals surface area contributed by atoms with Crippen molar-refractivity contribution in [2.75, 3.05) is 0 Å². The SMILES string of the molecule is NC(=O)CCC(N)C(=O)NC(CC(N)=O)C(=O)NC(Cc1cnc[nH]1)C(=O)NC(CCC(=O)O)C(=O)O. The van der Waals surface area contributed by atoms with E-state index in [1.807, 2.05) is 0 Å². The van der Waals surface area contributed by atoms with Crippen molar-refractivity contribution in [3.8, 4) is 0 Å². The third-order valence-electron chi connectivity index (χ3n) is 4.95. The molecule has 17 heteroatoms. The van der Waals surface area contributed by atoms with E-state index >= 15 is 0 Å². The van der Waals surface area contributed by atoms with Crippen molar-refractivity contribution >= 4 is 41.5 Å². The summed E-state index contributed by atoms with van der Waals surface area (Å²) in [5, 5.41) is 24.8. The number of carbonyl (C=O) groups excluding carboxylic acids is 5. The van der Waals surface area contributed by atoms with Crippen molar-refractivity contribution < 1.29 is 43.8 Å². The Morgan fingerprint density at radius 3 is 1.95 bits per heavy atom. The predicted octanol–water partition coefficient (Wildman–Crippen LogP) is -4.18. The minimum absolute atomic E-state index is 0.135. The third-order valence-corrected chi connectivity index (χ3v) is 4.95. The van der Waals surface area contributed by atoms with Gasteiger partial charge in [0.25, 0.3) is 0 Å². The lowest BCUT2D eigenvalue weighted by molar-refractivity contribution is -0.143. The third kappa shape index (κ3) is 11.6. The molecule has 0 bridgehead atoms. The number of aliphatic carboxylic acids is 2. The van der Waals surface area contributed by atoms with Crippen LogP contribution >= 0.6 is 0 Å². The zero-order valence-electron chi connectivity index (χ0n) is 19.6. The molecule has 5 amide bonds. The molecule has 4 atom stereocenters. The average molecular weight is 527 g/mol. The Labute approximate surface area is 209 Å². The van der Waals surface area contributed by atoms with Crippen molar-refractivity contribution in [2.24, 2.45) is 17.2 Å². The molecule has 1 aromatic heterocycles. The van der Waals surface area contributed by atoms with E-state index in [9.17, 15) is 38.7 Å². The first-order valence-electron chi connectivity index (χ1n) is 10.9. The molecule has 1 heterocycles. The van der Waals surface area contributed by atoms with E-state index in [1.54, 1.807) is 0 Å². The molecule has 0 aromatic carbocycles. The Kier molecular flexibility index (Phi) is 12.2. The van der Waals surface area contributed by atoms with Gasteiger partial charge in [0.05, 0.1) is 18.8 Å². The zero-order chi connectivity index (χ0) is 28.1. The van der Waals surface area contributed by atoms with Crippen molar-refractivity contribution in [2.45, 2.75) is 62.7 Å². The molecule has 0 aliphatic rings. The Morgan fingerprint density at radius 2 is 1.43 bits per heavy atom. The Balaban J connectivity index is 3.05. The summed E-state index contributed by atoms with van der Waals surface area (Å²) < 4.78 is 0. The van der Waals surface area contributed by atoms with Crippen LogP contribution in [0.2, 0.25) is 0 Å². The molecule has 1 rings (SSSR count). The van der Waals surface area contributed by atoms with E-state index in [0.717, 1.165) is 0 Å². The number of aromatic amines is 1. The maximum absolute atomic E-state index is 12.9. The van der Waals surface area contributed by atoms with Gasteiger partial charge in [-0.2, -0.15) is 0 Å². The number of primary amides is 2. The van der Waals surface area contributed by atoms with Crippen molar-refractivity contribution in [1.29, 1.82) is 0 Å². The molecule has 0 spiro atoms. The van der Waals surface area contributed by atoms with E-state index < -0.39 is 84.9 Å². The highest BCUT2D eigenvalue weighted by Crippen LogP contribution is 2.05. The van der Waals surface area contributed by atoms with Gasteiger partial charge in [0.2, 0.25) is 29.5 Å². The van der Waals surface area contributed by atoms with Crippen LogP contribution in [-0.4, -0.2) is 85.8 Å². The number of carboxylic acid groups (broad SMARTS) is 2. The van der Waals surface area contributed by atoms with Crippen LogP contribution in [0.1, 0.15) is 37.8 Å². The second-order valence-corrected chi connectivity index (χ2v) is 8.02. The lowest BCUT2D eigenvalue weighted by Crippen LogP contribution is -2.58. The molecule has 17 nitrogen and oxygen atoms in total. The highest BCUT2D eigenvalue weighted by molar-refractivity contribution is 5.96. The number of hydrogen-bond donors (Lipinski definition) is 9. The molecular formula is C20H30N8O9. The normalized spacial score (nSPS) is 13.9. The number of carboxylic acids is 2. The maximum Gasteiger partial charge on any atom is 0.326 e. The van der Waals surface area contributed by atoms with E-state index in [0.29, 0.717) is 5.69 Å². The van der Waals surface area contributed by atoms with Crippen LogP contribution < -0.4 is 33.2 Å². The number of aromatic nitrogens is 2. The standard InChI is InChI=1S/C20H30N8O9/c21-10(1-3-14(22)29)17(33)27-13(6-15(23)30)19(35)28-12(5-9-7-24-8-25-9)18(34)26-11(20(36)37)2-4-16(31)32/h7-8,10-13H,1-6,21H2,(H2,22,29)(H2,23,30)(H,24,25)(H,26,34)(H,27,33)(H,28,35)(H,31,32)(H,36,37). The summed E-state index contributed by atoms with van der Waals surface area (Å²) in [7, 11) is 0. The van der Waals surface area contributed by atoms with E-state index in [-0.39, 0.29) is 19.3 Å². The smallest absolute Gasteiger partial charge is 0.326 e. The Bertz CT molecular complexity index is 998. The van der Waals surface area contributed by atoms with Gasteiger partial charge in [-0.3, -0.25) is 28.8 Å². The first kappa shape index (κ1) is 30.5. The van der Waals surface area contributed by atoms with Crippen molar-refractivity contribution in [1.82, 2.24) is 25.9 Å². The number of nitrogens with two attached hydrogens (primary N) is 3. The monoisotopic (exact) mass is 526 g/mol. The number of rotatable bonds is 17. The first-order valence-corrected chi connectivity index (χ1v) is 10.9. The fraction of sp³-hybridized carbons (Fsp3) is 0.500. The maximum atomic E-state index is 12.9. The zero-order valence-corrected chi connectivity index (χ0v) is 19.6. The number of hydrogen-bond acceptors (Lipinski definition) is 9. The topological polar surface area (TPSA) is 303 Å². The van der Waals surface area contributed by atoms with Gasteiger partial charge in [-0.25, -0.2) is 9.78 Å². The molecule has 37 heavy (non-hydrogen) atoms. The number of imidazole rings is 1. The van der Waals surface area contributed by atoms with Crippen LogP contribution in [0.5, 0.6) is 0 Å². The number of nitrogens with zero attached hydrogens (tertiary/aromatic N) is 1. The Morgan fingerprint density at radius 1 is 0.838 bits per heavy atom. The molecule has 1 aromatic rings. The van der Waals surface area contributed by atoms with Crippen LogP contribution in [0.3, 0.4) is 0 Å². The second-order valence-electron chi connectivity index (χ2n) is 8.02. The fourth-order valence-corrected chi connectivity index (χ4v) is 3.01. The van der Waals surface area contributed by atoms with Gasteiger partial charge in [0, 0.05) is 31.2 Å². The van der Waals surface area contributed by atoms with Gasteiger partial charge in [0.1, 0.15) is 18.1 Å². The summed E-state index contributed by atoms with van der Waals surface area (Å²) in [5.74, 6) is -7.34. The van der Waals surface area contributed by atoms with Crippen molar-refractivity contribution in [3.63, 3.8) is 0 Å². The molecule has 204 valence electrons. The molecule has 0 aliphatic heterocycles. The minimum atomic E-state index is -1.57. The van der Waals surface area contributed by atoms with Gasteiger partial charge < -0.3 is 48.3 Å². The molecule has 4 unspecified atom stereocenters. The quantitative estimate of drug-likeness (QED) is 0.0937. The summed E-state index contributed by atoms with van der Waals surface area (Å²) in [5.41, 5.74) is 16.2. The van der Waals surface area contributed by atoms with Crippen LogP contribution in [0.4, 0.5) is 0 Å². The summed E-state index contributed by atoms with van der Waals surface area (Å²) in [4.78, 5) is 89.3. The molecule has 0 saturated carbocycles. The van der Waals surface area contributed by atoms with Crippen LogP contribution in [-0.2, 0) is 40.0 Å². The van der Waals surface area contributed by atoms with Gasteiger partial charge in [-0.15, -0.1) is 0 Å². The fourth-order valence-electron chi connectivity index (χ4n) is 3.01. The van der Waals surface area contributed by atoms with Gasteiger partial charge >= 0.3 is 11.9 Å². The van der Waals surface area contributed by atoms with Crippen molar-refractivity contribution in [3.05, 3.63) is 18.2 Å². The summed E-state index contributed by atoms with van der Waals surface area (Å²) in [6.45, 7) is 0. The number of nitrogens with one attached hydrogen (secondary N) is 4. The summed E-state index contributed by atoms with van der Waals surface area (Å²) >= 11 is 0. The first-order chi connectivity index (χ1) is 17.3. The molecule has 0 radical (unpaired) electrons. The lowest BCUT2D eigenvalue weighted by Gasteiger charge is -2.24. The highest BCUT2D eigenvalue weighted by Gasteiger charge is 2.31. The molecular weight excluding hydrogens is 496 g/mol. The Hall–Kier alpha value is -4.54. The average Bonchev–Trinajstić information content (AvgIpc) is 3.31. The largest absolute Gasteiger partial charge is 0.481 e. The lowest BCUT2D eigenvalue weighted by atomic mass is 10.1. The molecule has 0 fully saturated rings. The van der Waals surface area contributed by atoms with Crippen LogP contribution in [0.25, 0.3) is 0 Å². The van der Waals surface area contributed by atoms with E-state index in [4.69, 9.17) is 22.3 Å². The van der Waals surface area contributed by atoms with Crippen LogP contribution in [0, 0.1) is 0 Å². The summed E-state index contributed by atoms with van der Waals surface area (Å²) in [6, 6.07) is -5.82. The highest BCUT2D eigenvalue weighted by atomic mass is 16.4.